The molecule has 3 heteroatoms. The maximum Gasteiger partial charge on any atom is 0.231 e. The number of amides is 2. The van der Waals surface area contributed by atoms with Crippen LogP contribution < -0.4 is 5.32 Å². The Morgan fingerprint density at radius 3 is 1.61 bits per heavy atom. The molecule has 3 aromatic rings. The van der Waals surface area contributed by atoms with Gasteiger partial charge in [0.1, 0.15) is 0 Å². The minimum atomic E-state index is -0.345. The molecule has 0 aromatic heterocycles. The van der Waals surface area contributed by atoms with E-state index in [4.69, 9.17) is 0 Å². The highest BCUT2D eigenvalue weighted by atomic mass is 16.2. The Labute approximate surface area is 197 Å². The minimum absolute atomic E-state index is 0.0221. The van der Waals surface area contributed by atoms with E-state index in [1.165, 1.54) is 11.1 Å². The van der Waals surface area contributed by atoms with Crippen LogP contribution in [0.15, 0.2) is 91.0 Å². The van der Waals surface area contributed by atoms with Gasteiger partial charge < -0.3 is 0 Å². The van der Waals surface area contributed by atoms with Crippen molar-refractivity contribution in [2.75, 3.05) is 0 Å². The Hall–Kier alpha value is -3.20. The highest BCUT2D eigenvalue weighted by Crippen LogP contribution is 2.44. The van der Waals surface area contributed by atoms with Gasteiger partial charge in [0, 0.05) is 5.92 Å². The van der Waals surface area contributed by atoms with Crippen LogP contribution >= 0.6 is 0 Å². The summed E-state index contributed by atoms with van der Waals surface area (Å²) in [6.07, 6.45) is 2.89. The maximum absolute atomic E-state index is 12.9. The third kappa shape index (κ3) is 5.24. The second-order valence-electron chi connectivity index (χ2n) is 9.28. The Bertz CT molecular complexity index is 1050. The van der Waals surface area contributed by atoms with Gasteiger partial charge in [0.25, 0.3) is 0 Å². The molecule has 1 heterocycles. The summed E-state index contributed by atoms with van der Waals surface area (Å²) in [7, 11) is 0. The Morgan fingerprint density at radius 1 is 0.667 bits per heavy atom. The van der Waals surface area contributed by atoms with Crippen molar-refractivity contribution >= 4 is 11.8 Å². The number of benzene rings is 3. The van der Waals surface area contributed by atoms with Crippen LogP contribution in [0.25, 0.3) is 0 Å². The topological polar surface area (TPSA) is 46.2 Å². The van der Waals surface area contributed by atoms with Crippen molar-refractivity contribution in [1.29, 1.82) is 0 Å². The molecular weight excluding hydrogens is 406 g/mol. The zero-order valence-electron chi connectivity index (χ0n) is 19.5. The molecule has 0 saturated carbocycles. The van der Waals surface area contributed by atoms with Gasteiger partial charge in [0.15, 0.2) is 0 Å². The molecule has 3 aromatic carbocycles. The normalized spacial score (nSPS) is 20.8. The quantitative estimate of drug-likeness (QED) is 0.390. The number of nitrogens with one attached hydrogen (secondary N) is 1. The SMILES string of the molecule is CCC(CC(CC(c1ccccc1)C1C(=O)NC(=O)C1C)c1ccccc1)c1ccccc1. The van der Waals surface area contributed by atoms with Gasteiger partial charge >= 0.3 is 0 Å². The van der Waals surface area contributed by atoms with Crippen molar-refractivity contribution in [3.05, 3.63) is 108 Å². The van der Waals surface area contributed by atoms with E-state index in [9.17, 15) is 9.59 Å². The first-order valence-corrected chi connectivity index (χ1v) is 12.1. The first kappa shape index (κ1) is 23.0. The molecule has 1 N–H and O–H groups in total. The van der Waals surface area contributed by atoms with Gasteiger partial charge in [-0.05, 0) is 53.7 Å². The first-order chi connectivity index (χ1) is 16.1. The predicted molar refractivity (Wildman–Crippen MR) is 133 cm³/mol. The molecule has 170 valence electrons. The smallest absolute Gasteiger partial charge is 0.231 e. The predicted octanol–water partition coefficient (Wildman–Crippen LogP) is 6.44. The molecular formula is C30H33NO2. The van der Waals surface area contributed by atoms with Crippen molar-refractivity contribution in [3.8, 4) is 0 Å². The summed E-state index contributed by atoms with van der Waals surface area (Å²) in [5.74, 6) is -0.271. The number of imide groups is 1. The number of carbonyl (C=O) groups is 2. The minimum Gasteiger partial charge on any atom is -0.296 e. The second-order valence-corrected chi connectivity index (χ2v) is 9.28. The molecule has 1 saturated heterocycles. The summed E-state index contributed by atoms with van der Waals surface area (Å²) in [4.78, 5) is 25.3. The van der Waals surface area contributed by atoms with Crippen molar-refractivity contribution in [2.45, 2.75) is 50.9 Å². The van der Waals surface area contributed by atoms with E-state index in [0.29, 0.717) is 5.92 Å². The van der Waals surface area contributed by atoms with Crippen LogP contribution in [0.1, 0.15) is 67.6 Å². The number of hydrogen-bond acceptors (Lipinski definition) is 2. The van der Waals surface area contributed by atoms with Gasteiger partial charge in [-0.3, -0.25) is 14.9 Å². The summed E-state index contributed by atoms with van der Waals surface area (Å²) in [5, 5.41) is 2.58. The maximum atomic E-state index is 12.9. The van der Waals surface area contributed by atoms with Gasteiger partial charge in [0.05, 0.1) is 5.92 Å². The number of hydrogen-bond donors (Lipinski definition) is 1. The van der Waals surface area contributed by atoms with E-state index >= 15 is 0 Å². The van der Waals surface area contributed by atoms with E-state index < -0.39 is 0 Å². The molecule has 0 aliphatic carbocycles. The van der Waals surface area contributed by atoms with Crippen molar-refractivity contribution < 1.29 is 9.59 Å². The van der Waals surface area contributed by atoms with E-state index in [2.05, 4.69) is 85.0 Å². The first-order valence-electron chi connectivity index (χ1n) is 12.1. The average molecular weight is 440 g/mol. The van der Waals surface area contributed by atoms with E-state index in [1.807, 2.05) is 25.1 Å². The molecule has 1 fully saturated rings. The largest absolute Gasteiger partial charge is 0.296 e. The summed E-state index contributed by atoms with van der Waals surface area (Å²) in [5.41, 5.74) is 3.79. The van der Waals surface area contributed by atoms with Crippen LogP contribution in [-0.2, 0) is 9.59 Å². The summed E-state index contributed by atoms with van der Waals surface area (Å²) in [6.45, 7) is 4.14. The Kier molecular flexibility index (Phi) is 7.39. The molecule has 33 heavy (non-hydrogen) atoms. The molecule has 0 bridgehead atoms. The van der Waals surface area contributed by atoms with Crippen molar-refractivity contribution in [2.24, 2.45) is 11.8 Å². The molecule has 0 radical (unpaired) electrons. The molecule has 5 unspecified atom stereocenters. The molecule has 3 nitrogen and oxygen atoms in total. The van der Waals surface area contributed by atoms with Crippen LogP contribution in [0, 0.1) is 11.8 Å². The van der Waals surface area contributed by atoms with E-state index in [0.717, 1.165) is 24.8 Å². The zero-order valence-corrected chi connectivity index (χ0v) is 19.5. The van der Waals surface area contributed by atoms with Crippen LogP contribution in [-0.4, -0.2) is 11.8 Å². The third-order valence-corrected chi connectivity index (χ3v) is 7.30. The van der Waals surface area contributed by atoms with Gasteiger partial charge in [0.2, 0.25) is 11.8 Å². The lowest BCUT2D eigenvalue weighted by Crippen LogP contribution is -2.27. The molecule has 0 spiro atoms. The second kappa shape index (κ2) is 10.6. The summed E-state index contributed by atoms with van der Waals surface area (Å²) in [6, 6.07) is 31.6. The molecule has 2 amide bonds. The highest BCUT2D eigenvalue weighted by molar-refractivity contribution is 6.05. The van der Waals surface area contributed by atoms with Gasteiger partial charge in [-0.1, -0.05) is 105 Å². The summed E-state index contributed by atoms with van der Waals surface area (Å²) < 4.78 is 0. The van der Waals surface area contributed by atoms with Gasteiger partial charge in [-0.2, -0.15) is 0 Å². The van der Waals surface area contributed by atoms with Crippen molar-refractivity contribution in [1.82, 2.24) is 5.32 Å². The Balaban J connectivity index is 1.70. The van der Waals surface area contributed by atoms with E-state index in [-0.39, 0.29) is 35.5 Å². The lowest BCUT2D eigenvalue weighted by molar-refractivity contribution is -0.126. The summed E-state index contributed by atoms with van der Waals surface area (Å²) >= 11 is 0. The highest BCUT2D eigenvalue weighted by Gasteiger charge is 2.44. The average Bonchev–Trinajstić information content (AvgIpc) is 3.12. The van der Waals surface area contributed by atoms with Crippen LogP contribution in [0.4, 0.5) is 0 Å². The third-order valence-electron chi connectivity index (χ3n) is 7.30. The fourth-order valence-electron chi connectivity index (χ4n) is 5.44. The van der Waals surface area contributed by atoms with Crippen LogP contribution in [0.5, 0.6) is 0 Å². The van der Waals surface area contributed by atoms with Crippen molar-refractivity contribution in [3.63, 3.8) is 0 Å². The fourth-order valence-corrected chi connectivity index (χ4v) is 5.44. The van der Waals surface area contributed by atoms with Crippen LogP contribution in [0.3, 0.4) is 0 Å². The fraction of sp³-hybridized carbons (Fsp3) is 0.333. The monoisotopic (exact) mass is 439 g/mol. The van der Waals surface area contributed by atoms with Gasteiger partial charge in [-0.15, -0.1) is 0 Å². The van der Waals surface area contributed by atoms with Crippen LogP contribution in [0.2, 0.25) is 0 Å². The molecule has 1 aliphatic heterocycles. The number of rotatable bonds is 9. The van der Waals surface area contributed by atoms with Gasteiger partial charge in [-0.25, -0.2) is 0 Å². The number of carbonyl (C=O) groups excluding carboxylic acids is 2. The molecule has 4 rings (SSSR count). The molecule has 5 atom stereocenters. The lowest BCUT2D eigenvalue weighted by atomic mass is 9.71. The van der Waals surface area contributed by atoms with E-state index in [1.54, 1.807) is 0 Å². The lowest BCUT2D eigenvalue weighted by Gasteiger charge is -2.31. The molecule has 1 aliphatic rings. The standard InChI is InChI=1S/C30H33NO2/c1-3-22(23-13-7-4-8-14-23)19-26(24-15-9-5-10-16-24)20-27(25-17-11-6-12-18-25)28-21(2)29(32)31-30(28)33/h4-18,21-22,26-28H,3,19-20H2,1-2H3,(H,31,32,33). The zero-order chi connectivity index (χ0) is 23.2. The Morgan fingerprint density at radius 2 is 1.15 bits per heavy atom.